The molecule has 1 atom stereocenters. The highest BCUT2D eigenvalue weighted by atomic mass is 16.2. The number of hydrogen-bond donors (Lipinski definition) is 0. The molecule has 0 spiro atoms. The predicted molar refractivity (Wildman–Crippen MR) is 111 cm³/mol. The van der Waals surface area contributed by atoms with Crippen LogP contribution in [0, 0.1) is 13.8 Å². The van der Waals surface area contributed by atoms with E-state index in [9.17, 15) is 4.79 Å². The van der Waals surface area contributed by atoms with Gasteiger partial charge in [-0.1, -0.05) is 48.0 Å². The number of fused-ring (bicyclic) bond motifs is 1. The summed E-state index contributed by atoms with van der Waals surface area (Å²) in [6.07, 6.45) is 3.37. The van der Waals surface area contributed by atoms with Crippen LogP contribution in [0.5, 0.6) is 0 Å². The zero-order valence-corrected chi connectivity index (χ0v) is 16.3. The second kappa shape index (κ2) is 7.15. The molecule has 2 heterocycles. The first-order valence-corrected chi connectivity index (χ1v) is 9.83. The number of likely N-dealkylation sites (tertiary alicyclic amines) is 1. The molecule has 3 heteroatoms. The van der Waals surface area contributed by atoms with Crippen molar-refractivity contribution in [3.05, 3.63) is 65.2 Å². The Kier molecular flexibility index (Phi) is 4.69. The molecule has 138 valence electrons. The van der Waals surface area contributed by atoms with Crippen LogP contribution in [0.2, 0.25) is 0 Å². The number of carbonyl (C=O) groups is 1. The average Bonchev–Trinajstić information content (AvgIpc) is 2.68. The van der Waals surface area contributed by atoms with E-state index in [2.05, 4.69) is 43.0 Å². The summed E-state index contributed by atoms with van der Waals surface area (Å²) in [6, 6.07) is 16.7. The molecular formula is C24H26N2O. The average molecular weight is 358 g/mol. The van der Waals surface area contributed by atoms with Gasteiger partial charge in [-0.05, 0) is 51.7 Å². The standard InChI is InChI=1S/C24H26N2O/c1-16-11-13-19(14-12-16)23-18(3)22(20-9-4-5-10-21(20)25-23)24(27)26-15-7-6-8-17(26)2/h4-5,9-14,17H,6-8,15H2,1-3H3. The van der Waals surface area contributed by atoms with Crippen LogP contribution in [0.4, 0.5) is 0 Å². The van der Waals surface area contributed by atoms with Crippen LogP contribution in [0.25, 0.3) is 22.2 Å². The van der Waals surface area contributed by atoms with Crippen LogP contribution in [-0.2, 0) is 0 Å². The molecule has 2 aromatic carbocycles. The summed E-state index contributed by atoms with van der Waals surface area (Å²) in [5, 5.41) is 0.952. The van der Waals surface area contributed by atoms with Gasteiger partial charge in [0.1, 0.15) is 0 Å². The number of nitrogens with zero attached hydrogens (tertiary/aromatic N) is 2. The molecule has 0 saturated carbocycles. The van der Waals surface area contributed by atoms with Crippen molar-refractivity contribution in [1.82, 2.24) is 9.88 Å². The maximum absolute atomic E-state index is 13.6. The molecule has 27 heavy (non-hydrogen) atoms. The Morgan fingerprint density at radius 1 is 1.04 bits per heavy atom. The Balaban J connectivity index is 1.91. The Morgan fingerprint density at radius 3 is 2.52 bits per heavy atom. The van der Waals surface area contributed by atoms with Gasteiger partial charge in [0.25, 0.3) is 5.91 Å². The molecule has 1 amide bonds. The van der Waals surface area contributed by atoms with Gasteiger partial charge in [-0.2, -0.15) is 0 Å². The van der Waals surface area contributed by atoms with E-state index >= 15 is 0 Å². The number of benzene rings is 2. The van der Waals surface area contributed by atoms with Crippen molar-refractivity contribution in [1.29, 1.82) is 0 Å². The van der Waals surface area contributed by atoms with Gasteiger partial charge >= 0.3 is 0 Å². The maximum Gasteiger partial charge on any atom is 0.255 e. The van der Waals surface area contributed by atoms with Gasteiger partial charge in [-0.25, -0.2) is 4.98 Å². The normalized spacial score (nSPS) is 17.3. The number of piperidine rings is 1. The summed E-state index contributed by atoms with van der Waals surface area (Å²) in [5.41, 5.74) is 5.85. The third-order valence-electron chi connectivity index (χ3n) is 5.74. The molecular weight excluding hydrogens is 332 g/mol. The smallest absolute Gasteiger partial charge is 0.255 e. The lowest BCUT2D eigenvalue weighted by atomic mass is 9.95. The summed E-state index contributed by atoms with van der Waals surface area (Å²) < 4.78 is 0. The highest BCUT2D eigenvalue weighted by molar-refractivity contribution is 6.09. The Hall–Kier alpha value is -2.68. The van der Waals surface area contributed by atoms with E-state index in [4.69, 9.17) is 4.98 Å². The summed E-state index contributed by atoms with van der Waals surface area (Å²) in [6.45, 7) is 7.13. The minimum Gasteiger partial charge on any atom is -0.336 e. The SMILES string of the molecule is Cc1ccc(-c2nc3ccccc3c(C(=O)N3CCCCC3C)c2C)cc1. The quantitative estimate of drug-likeness (QED) is 0.603. The lowest BCUT2D eigenvalue weighted by Gasteiger charge is -2.34. The van der Waals surface area contributed by atoms with Gasteiger partial charge in [0.05, 0.1) is 16.8 Å². The third kappa shape index (κ3) is 3.23. The predicted octanol–water partition coefficient (Wildman–Crippen LogP) is 5.53. The van der Waals surface area contributed by atoms with Crippen molar-refractivity contribution >= 4 is 16.8 Å². The number of hydrogen-bond acceptors (Lipinski definition) is 2. The second-order valence-corrected chi connectivity index (χ2v) is 7.69. The van der Waals surface area contributed by atoms with Crippen LogP contribution < -0.4 is 0 Å². The fourth-order valence-corrected chi connectivity index (χ4v) is 4.12. The molecule has 0 aliphatic carbocycles. The Bertz CT molecular complexity index is 991. The van der Waals surface area contributed by atoms with Crippen LogP contribution >= 0.6 is 0 Å². The summed E-state index contributed by atoms with van der Waals surface area (Å²) in [4.78, 5) is 20.5. The van der Waals surface area contributed by atoms with Gasteiger partial charge < -0.3 is 4.90 Å². The summed E-state index contributed by atoms with van der Waals surface area (Å²) in [5.74, 6) is 0.145. The fraction of sp³-hybridized carbons (Fsp3) is 0.333. The van der Waals surface area contributed by atoms with Crippen LogP contribution in [0.3, 0.4) is 0 Å². The van der Waals surface area contributed by atoms with E-state index in [0.29, 0.717) is 6.04 Å². The molecule has 1 fully saturated rings. The maximum atomic E-state index is 13.6. The van der Waals surface area contributed by atoms with Crippen molar-refractivity contribution in [2.75, 3.05) is 6.54 Å². The molecule has 1 aliphatic heterocycles. The van der Waals surface area contributed by atoms with Crippen molar-refractivity contribution in [3.63, 3.8) is 0 Å². The number of para-hydroxylation sites is 1. The highest BCUT2D eigenvalue weighted by Gasteiger charge is 2.28. The largest absolute Gasteiger partial charge is 0.336 e. The van der Waals surface area contributed by atoms with Gasteiger partial charge in [-0.15, -0.1) is 0 Å². The van der Waals surface area contributed by atoms with Gasteiger partial charge in [0.15, 0.2) is 0 Å². The molecule has 1 unspecified atom stereocenters. The molecule has 1 saturated heterocycles. The number of aryl methyl sites for hydroxylation is 1. The van der Waals surface area contributed by atoms with E-state index in [-0.39, 0.29) is 5.91 Å². The van der Waals surface area contributed by atoms with Gasteiger partial charge in [0.2, 0.25) is 0 Å². The zero-order chi connectivity index (χ0) is 19.0. The Labute approximate surface area is 161 Å². The first-order valence-electron chi connectivity index (χ1n) is 9.83. The molecule has 1 aromatic heterocycles. The zero-order valence-electron chi connectivity index (χ0n) is 16.3. The highest BCUT2D eigenvalue weighted by Crippen LogP contribution is 2.32. The number of aromatic nitrogens is 1. The number of amides is 1. The molecule has 0 bridgehead atoms. The number of carbonyl (C=O) groups excluding carboxylic acids is 1. The monoisotopic (exact) mass is 358 g/mol. The van der Waals surface area contributed by atoms with E-state index in [0.717, 1.165) is 52.7 Å². The second-order valence-electron chi connectivity index (χ2n) is 7.69. The minimum absolute atomic E-state index is 0.145. The molecule has 4 rings (SSSR count). The summed E-state index contributed by atoms with van der Waals surface area (Å²) in [7, 11) is 0. The van der Waals surface area contributed by atoms with E-state index in [1.807, 2.05) is 31.2 Å². The first-order chi connectivity index (χ1) is 13.1. The van der Waals surface area contributed by atoms with Crippen molar-refractivity contribution < 1.29 is 4.79 Å². The fourth-order valence-electron chi connectivity index (χ4n) is 4.12. The van der Waals surface area contributed by atoms with Crippen molar-refractivity contribution in [2.45, 2.75) is 46.1 Å². The lowest BCUT2D eigenvalue weighted by molar-refractivity contribution is 0.0637. The topological polar surface area (TPSA) is 33.2 Å². The third-order valence-corrected chi connectivity index (χ3v) is 5.74. The molecule has 0 N–H and O–H groups in total. The van der Waals surface area contributed by atoms with E-state index in [1.165, 1.54) is 12.0 Å². The van der Waals surface area contributed by atoms with Gasteiger partial charge in [-0.3, -0.25) is 4.79 Å². The van der Waals surface area contributed by atoms with Crippen LogP contribution in [0.15, 0.2) is 48.5 Å². The minimum atomic E-state index is 0.145. The van der Waals surface area contributed by atoms with Gasteiger partial charge in [0, 0.05) is 23.5 Å². The van der Waals surface area contributed by atoms with Crippen molar-refractivity contribution in [2.24, 2.45) is 0 Å². The first kappa shape index (κ1) is 17.7. The van der Waals surface area contributed by atoms with Crippen LogP contribution in [0.1, 0.15) is 47.7 Å². The number of rotatable bonds is 2. The molecule has 3 aromatic rings. The van der Waals surface area contributed by atoms with E-state index < -0.39 is 0 Å². The van der Waals surface area contributed by atoms with E-state index in [1.54, 1.807) is 0 Å². The van der Waals surface area contributed by atoms with Crippen LogP contribution in [-0.4, -0.2) is 28.4 Å². The number of pyridine rings is 1. The molecule has 1 aliphatic rings. The summed E-state index contributed by atoms with van der Waals surface area (Å²) >= 11 is 0. The Morgan fingerprint density at radius 2 is 1.78 bits per heavy atom. The molecule has 3 nitrogen and oxygen atoms in total. The van der Waals surface area contributed by atoms with Crippen molar-refractivity contribution in [3.8, 4) is 11.3 Å². The molecule has 0 radical (unpaired) electrons. The lowest BCUT2D eigenvalue weighted by Crippen LogP contribution is -2.42.